The minimum absolute atomic E-state index is 0.0134. The summed E-state index contributed by atoms with van der Waals surface area (Å²) in [5.41, 5.74) is 2.14. The Labute approximate surface area is 226 Å². The Kier molecular flexibility index (Phi) is 9.82. The maximum atomic E-state index is 13.4. The van der Waals surface area contributed by atoms with E-state index in [1.807, 2.05) is 42.5 Å². The molecule has 0 aromatic heterocycles. The summed E-state index contributed by atoms with van der Waals surface area (Å²) in [6.07, 6.45) is 5.50. The van der Waals surface area contributed by atoms with Crippen LogP contribution in [0.4, 0.5) is 0 Å². The number of ether oxygens (including phenoxy) is 1. The monoisotopic (exact) mass is 606 g/mol. The summed E-state index contributed by atoms with van der Waals surface area (Å²) >= 11 is 7.03. The van der Waals surface area contributed by atoms with Gasteiger partial charge in [-0.1, -0.05) is 74.2 Å². The van der Waals surface area contributed by atoms with Crippen molar-refractivity contribution in [1.82, 2.24) is 10.2 Å². The van der Waals surface area contributed by atoms with E-state index in [2.05, 4.69) is 57.9 Å². The molecule has 35 heavy (non-hydrogen) atoms. The van der Waals surface area contributed by atoms with Gasteiger partial charge < -0.3 is 15.0 Å². The van der Waals surface area contributed by atoms with E-state index in [4.69, 9.17) is 4.74 Å². The molecule has 0 aliphatic heterocycles. The van der Waals surface area contributed by atoms with E-state index < -0.39 is 6.04 Å². The summed E-state index contributed by atoms with van der Waals surface area (Å²) in [5, 5.41) is 3.16. The fraction of sp³-hybridized carbons (Fsp3) is 0.500. The molecular formula is C28H36Br2N2O3. The molecule has 1 N–H and O–H groups in total. The second kappa shape index (κ2) is 12.4. The highest BCUT2D eigenvalue weighted by molar-refractivity contribution is 9.10. The molecule has 0 radical (unpaired) electrons. The SMILES string of the molecule is CC(C(=O)NC1CCCCC1)N(Cc1ccc(Br)cc1)C(=O)COc1ccc(C(C)(C)C)cc1Br. The molecule has 190 valence electrons. The van der Waals surface area contributed by atoms with Gasteiger partial charge in [-0.05, 0) is 76.5 Å². The number of nitrogens with zero attached hydrogens (tertiary/aromatic N) is 1. The Bertz CT molecular complexity index is 1010. The van der Waals surface area contributed by atoms with Crippen LogP contribution in [-0.2, 0) is 21.5 Å². The van der Waals surface area contributed by atoms with Gasteiger partial charge >= 0.3 is 0 Å². The standard InChI is InChI=1S/C28H36Br2N2O3/c1-19(27(34)31-23-8-6-5-7-9-23)32(17-20-10-13-22(29)14-11-20)26(33)18-35-25-15-12-21(16-24(25)30)28(2,3)4/h10-16,19,23H,5-9,17-18H2,1-4H3,(H,31,34). The molecule has 0 bridgehead atoms. The van der Waals surface area contributed by atoms with Gasteiger partial charge in [-0.3, -0.25) is 9.59 Å². The van der Waals surface area contributed by atoms with E-state index in [1.165, 1.54) is 12.0 Å². The van der Waals surface area contributed by atoms with Crippen LogP contribution in [-0.4, -0.2) is 35.4 Å². The molecule has 5 nitrogen and oxygen atoms in total. The second-order valence-corrected chi connectivity index (χ2v) is 12.1. The van der Waals surface area contributed by atoms with Gasteiger partial charge in [-0.25, -0.2) is 0 Å². The van der Waals surface area contributed by atoms with Crippen molar-refractivity contribution >= 4 is 43.7 Å². The summed E-state index contributed by atoms with van der Waals surface area (Å²) in [4.78, 5) is 28.1. The number of halogens is 2. The average molecular weight is 608 g/mol. The first-order chi connectivity index (χ1) is 16.5. The van der Waals surface area contributed by atoms with E-state index in [0.29, 0.717) is 12.3 Å². The number of carbonyl (C=O) groups excluding carboxylic acids is 2. The molecule has 2 aromatic rings. The largest absolute Gasteiger partial charge is 0.483 e. The molecule has 3 rings (SSSR count). The van der Waals surface area contributed by atoms with Crippen LogP contribution in [0.25, 0.3) is 0 Å². The summed E-state index contributed by atoms with van der Waals surface area (Å²) in [6.45, 7) is 8.43. The number of carbonyl (C=O) groups is 2. The van der Waals surface area contributed by atoms with Crippen molar-refractivity contribution in [2.45, 2.75) is 83.8 Å². The minimum atomic E-state index is -0.608. The highest BCUT2D eigenvalue weighted by Gasteiger charge is 2.28. The van der Waals surface area contributed by atoms with Gasteiger partial charge in [0, 0.05) is 17.1 Å². The van der Waals surface area contributed by atoms with Crippen LogP contribution >= 0.6 is 31.9 Å². The maximum absolute atomic E-state index is 13.4. The first-order valence-electron chi connectivity index (χ1n) is 12.3. The van der Waals surface area contributed by atoms with Gasteiger partial charge in [0.1, 0.15) is 11.8 Å². The minimum Gasteiger partial charge on any atom is -0.483 e. The average Bonchev–Trinajstić information content (AvgIpc) is 2.82. The quantitative estimate of drug-likeness (QED) is 0.361. The highest BCUT2D eigenvalue weighted by Crippen LogP contribution is 2.31. The molecule has 0 spiro atoms. The normalized spacial score (nSPS) is 15.4. The fourth-order valence-corrected chi connectivity index (χ4v) is 5.00. The summed E-state index contributed by atoms with van der Waals surface area (Å²) in [7, 11) is 0. The molecule has 7 heteroatoms. The zero-order valence-corrected chi connectivity index (χ0v) is 24.2. The predicted molar refractivity (Wildman–Crippen MR) is 148 cm³/mol. The van der Waals surface area contributed by atoms with Crippen molar-refractivity contribution in [1.29, 1.82) is 0 Å². The van der Waals surface area contributed by atoms with Gasteiger partial charge in [0.05, 0.1) is 4.47 Å². The lowest BCUT2D eigenvalue weighted by molar-refractivity contribution is -0.142. The number of nitrogens with one attached hydrogen (secondary N) is 1. The third-order valence-electron chi connectivity index (χ3n) is 6.53. The van der Waals surface area contributed by atoms with Crippen LogP contribution in [0.3, 0.4) is 0 Å². The molecule has 1 aliphatic rings. The molecule has 2 amide bonds. The molecule has 0 saturated heterocycles. The predicted octanol–water partition coefficient (Wildman–Crippen LogP) is 6.75. The first kappa shape index (κ1) is 27.7. The van der Waals surface area contributed by atoms with E-state index >= 15 is 0 Å². The van der Waals surface area contributed by atoms with Gasteiger partial charge in [-0.2, -0.15) is 0 Å². The Morgan fingerprint density at radius 3 is 2.31 bits per heavy atom. The summed E-state index contributed by atoms with van der Waals surface area (Å²) < 4.78 is 7.68. The van der Waals surface area contributed by atoms with Crippen molar-refractivity contribution in [2.75, 3.05) is 6.61 Å². The van der Waals surface area contributed by atoms with Crippen LogP contribution in [0.1, 0.15) is 70.9 Å². The van der Waals surface area contributed by atoms with E-state index in [0.717, 1.165) is 40.2 Å². The molecule has 1 fully saturated rings. The maximum Gasteiger partial charge on any atom is 0.261 e. The Morgan fingerprint density at radius 1 is 1.06 bits per heavy atom. The van der Waals surface area contributed by atoms with Crippen LogP contribution in [0.15, 0.2) is 51.4 Å². The fourth-order valence-electron chi connectivity index (χ4n) is 4.24. The molecule has 1 aliphatic carbocycles. The van der Waals surface area contributed by atoms with Crippen LogP contribution in [0.2, 0.25) is 0 Å². The third kappa shape index (κ3) is 8.07. The lowest BCUT2D eigenvalue weighted by atomic mass is 9.87. The number of rotatable bonds is 8. The molecule has 1 atom stereocenters. The zero-order chi connectivity index (χ0) is 25.6. The van der Waals surface area contributed by atoms with Crippen molar-refractivity contribution < 1.29 is 14.3 Å². The lowest BCUT2D eigenvalue weighted by Gasteiger charge is -2.31. The number of hydrogen-bond acceptors (Lipinski definition) is 3. The van der Waals surface area contributed by atoms with Gasteiger partial charge in [0.15, 0.2) is 6.61 Å². The number of amides is 2. The van der Waals surface area contributed by atoms with Gasteiger partial charge in [-0.15, -0.1) is 0 Å². The molecule has 0 heterocycles. The number of benzene rings is 2. The molecular weight excluding hydrogens is 572 g/mol. The third-order valence-corrected chi connectivity index (χ3v) is 7.68. The Hall–Kier alpha value is -1.86. The Morgan fingerprint density at radius 2 is 1.71 bits per heavy atom. The number of hydrogen-bond donors (Lipinski definition) is 1. The zero-order valence-electron chi connectivity index (χ0n) is 21.1. The van der Waals surface area contributed by atoms with E-state index in [-0.39, 0.29) is 29.9 Å². The van der Waals surface area contributed by atoms with Crippen LogP contribution < -0.4 is 10.1 Å². The Balaban J connectivity index is 1.72. The smallest absolute Gasteiger partial charge is 0.261 e. The van der Waals surface area contributed by atoms with Crippen molar-refractivity contribution in [2.24, 2.45) is 0 Å². The topological polar surface area (TPSA) is 58.6 Å². The van der Waals surface area contributed by atoms with E-state index in [9.17, 15) is 9.59 Å². The van der Waals surface area contributed by atoms with Crippen LogP contribution in [0.5, 0.6) is 5.75 Å². The van der Waals surface area contributed by atoms with E-state index in [1.54, 1.807) is 11.8 Å². The summed E-state index contributed by atoms with van der Waals surface area (Å²) in [6, 6.07) is 13.3. The highest BCUT2D eigenvalue weighted by atomic mass is 79.9. The summed E-state index contributed by atoms with van der Waals surface area (Å²) in [5.74, 6) is 0.262. The molecule has 2 aromatic carbocycles. The van der Waals surface area contributed by atoms with Crippen molar-refractivity contribution in [3.8, 4) is 5.75 Å². The van der Waals surface area contributed by atoms with Crippen molar-refractivity contribution in [3.63, 3.8) is 0 Å². The molecule has 1 unspecified atom stereocenters. The van der Waals surface area contributed by atoms with Crippen molar-refractivity contribution in [3.05, 3.63) is 62.5 Å². The first-order valence-corrected chi connectivity index (χ1v) is 13.9. The lowest BCUT2D eigenvalue weighted by Crippen LogP contribution is -2.51. The molecule has 1 saturated carbocycles. The second-order valence-electron chi connectivity index (χ2n) is 10.4. The van der Waals surface area contributed by atoms with Crippen LogP contribution in [0, 0.1) is 0 Å². The van der Waals surface area contributed by atoms with Gasteiger partial charge in [0.2, 0.25) is 5.91 Å². The van der Waals surface area contributed by atoms with Gasteiger partial charge in [0.25, 0.3) is 5.91 Å².